The Labute approximate surface area is 198 Å². The van der Waals surface area contributed by atoms with Gasteiger partial charge in [0.25, 0.3) is 5.56 Å². The average molecular weight is 480 g/mol. The molecule has 0 bridgehead atoms. The number of hydrogen-bond acceptors (Lipinski definition) is 9. The van der Waals surface area contributed by atoms with E-state index in [9.17, 15) is 9.59 Å². The molecule has 0 radical (unpaired) electrons. The van der Waals surface area contributed by atoms with E-state index >= 15 is 0 Å². The molecule has 2 heterocycles. The topological polar surface area (TPSA) is 101 Å². The van der Waals surface area contributed by atoms with Crippen LogP contribution in [0, 0.1) is 0 Å². The Morgan fingerprint density at radius 3 is 2.24 bits per heavy atom. The highest BCUT2D eigenvalue weighted by Gasteiger charge is 2.11. The number of nitrogens with zero attached hydrogens (tertiary/aromatic N) is 3. The van der Waals surface area contributed by atoms with Gasteiger partial charge in [-0.25, -0.2) is 0 Å². The molecule has 2 aromatic carbocycles. The number of carbonyl (C=O) groups is 1. The standard InChI is InChI=1S/C24H21N3O6S/c1-14(28)33-18-9-6-16(12-20(18)32-4)13-21-23(29)27-24(34-21)25-22(26-27)10-7-15-5-8-17(30-2)19(11-15)31-3/h5-13H,1-4H3/b10-7+,21-13-. The van der Waals surface area contributed by atoms with Gasteiger partial charge in [0.1, 0.15) is 0 Å². The highest BCUT2D eigenvalue weighted by atomic mass is 32.1. The molecule has 9 nitrogen and oxygen atoms in total. The Bertz CT molecular complexity index is 1510. The van der Waals surface area contributed by atoms with E-state index in [4.69, 9.17) is 18.9 Å². The van der Waals surface area contributed by atoms with Crippen LogP contribution in [-0.4, -0.2) is 41.9 Å². The van der Waals surface area contributed by atoms with Crippen LogP contribution in [0.2, 0.25) is 0 Å². The number of thiazole rings is 1. The van der Waals surface area contributed by atoms with Crippen LogP contribution >= 0.6 is 11.3 Å². The molecule has 0 atom stereocenters. The lowest BCUT2D eigenvalue weighted by Crippen LogP contribution is -2.23. The predicted octanol–water partition coefficient (Wildman–Crippen LogP) is 2.82. The predicted molar refractivity (Wildman–Crippen MR) is 129 cm³/mol. The molecule has 0 aliphatic rings. The number of carbonyl (C=O) groups excluding carboxylic acids is 1. The smallest absolute Gasteiger partial charge is 0.308 e. The number of methoxy groups -OCH3 is 3. The van der Waals surface area contributed by atoms with Crippen LogP contribution < -0.4 is 29.0 Å². The first-order chi connectivity index (χ1) is 16.4. The molecule has 0 saturated carbocycles. The molecule has 4 aromatic rings. The van der Waals surface area contributed by atoms with Crippen molar-refractivity contribution in [3.63, 3.8) is 0 Å². The van der Waals surface area contributed by atoms with Crippen molar-refractivity contribution in [2.45, 2.75) is 6.92 Å². The summed E-state index contributed by atoms with van der Waals surface area (Å²) in [6.45, 7) is 1.31. The second-order valence-electron chi connectivity index (χ2n) is 7.03. The van der Waals surface area contributed by atoms with E-state index in [-0.39, 0.29) is 5.56 Å². The fraction of sp³-hybridized carbons (Fsp3) is 0.167. The molecule has 0 amide bonds. The Kier molecular flexibility index (Phi) is 6.60. The van der Waals surface area contributed by atoms with Gasteiger partial charge in [0.05, 0.1) is 25.9 Å². The number of aromatic nitrogens is 3. The van der Waals surface area contributed by atoms with Crippen LogP contribution in [0.3, 0.4) is 0 Å². The summed E-state index contributed by atoms with van der Waals surface area (Å²) in [5, 5.41) is 4.30. The summed E-state index contributed by atoms with van der Waals surface area (Å²) in [7, 11) is 4.63. The zero-order valence-electron chi connectivity index (χ0n) is 18.9. The molecule has 0 unspecified atom stereocenters. The van der Waals surface area contributed by atoms with Gasteiger partial charge in [0, 0.05) is 6.92 Å². The van der Waals surface area contributed by atoms with Gasteiger partial charge < -0.3 is 18.9 Å². The summed E-state index contributed by atoms with van der Waals surface area (Å²) < 4.78 is 22.7. The quantitative estimate of drug-likeness (QED) is 0.295. The highest BCUT2D eigenvalue weighted by molar-refractivity contribution is 7.15. The largest absolute Gasteiger partial charge is 0.493 e. The third-order valence-electron chi connectivity index (χ3n) is 4.77. The Morgan fingerprint density at radius 2 is 1.56 bits per heavy atom. The Hall–Kier alpha value is -4.18. The summed E-state index contributed by atoms with van der Waals surface area (Å²) in [6.07, 6.45) is 5.26. The van der Waals surface area contributed by atoms with Gasteiger partial charge in [0.2, 0.25) is 4.96 Å². The number of ether oxygens (including phenoxy) is 4. The monoisotopic (exact) mass is 479 g/mol. The maximum absolute atomic E-state index is 12.8. The van der Waals surface area contributed by atoms with Gasteiger partial charge in [-0.3, -0.25) is 9.59 Å². The number of esters is 1. The summed E-state index contributed by atoms with van der Waals surface area (Å²) in [5.74, 6) is 1.92. The molecule has 0 N–H and O–H groups in total. The second kappa shape index (κ2) is 9.75. The normalized spacial score (nSPS) is 11.8. The van der Waals surface area contributed by atoms with Crippen LogP contribution in [0.1, 0.15) is 23.9 Å². The van der Waals surface area contributed by atoms with Gasteiger partial charge in [-0.2, -0.15) is 9.50 Å². The molecular weight excluding hydrogens is 458 g/mol. The Morgan fingerprint density at radius 1 is 0.912 bits per heavy atom. The lowest BCUT2D eigenvalue weighted by Gasteiger charge is -2.08. The van der Waals surface area contributed by atoms with Gasteiger partial charge in [0.15, 0.2) is 28.8 Å². The van der Waals surface area contributed by atoms with Crippen LogP contribution in [0.15, 0.2) is 41.2 Å². The fourth-order valence-electron chi connectivity index (χ4n) is 3.21. The average Bonchev–Trinajstić information content (AvgIpc) is 3.36. The second-order valence-corrected chi connectivity index (χ2v) is 8.04. The van der Waals surface area contributed by atoms with Crippen molar-refractivity contribution >= 4 is 40.5 Å². The Balaban J connectivity index is 1.61. The minimum atomic E-state index is -0.446. The molecule has 2 aromatic heterocycles. The van der Waals surface area contributed by atoms with Crippen molar-refractivity contribution in [1.82, 2.24) is 14.6 Å². The number of benzene rings is 2. The lowest BCUT2D eigenvalue weighted by atomic mass is 10.2. The van der Waals surface area contributed by atoms with E-state index in [0.717, 1.165) is 5.56 Å². The summed E-state index contributed by atoms with van der Waals surface area (Å²) >= 11 is 1.23. The third-order valence-corrected chi connectivity index (χ3v) is 5.73. The summed E-state index contributed by atoms with van der Waals surface area (Å²) in [6, 6.07) is 10.6. The number of rotatable bonds is 7. The van der Waals surface area contributed by atoms with Crippen molar-refractivity contribution in [3.05, 3.63) is 68.2 Å². The minimum absolute atomic E-state index is 0.277. The molecule has 174 valence electrons. The summed E-state index contributed by atoms with van der Waals surface area (Å²) in [5.41, 5.74) is 1.31. The van der Waals surface area contributed by atoms with Crippen molar-refractivity contribution < 1.29 is 23.7 Å². The fourth-order valence-corrected chi connectivity index (χ4v) is 4.13. The maximum atomic E-state index is 12.8. The van der Waals surface area contributed by atoms with E-state index in [1.165, 1.54) is 29.9 Å². The molecule has 10 heteroatoms. The van der Waals surface area contributed by atoms with Gasteiger partial charge in [-0.1, -0.05) is 29.5 Å². The van der Waals surface area contributed by atoms with Gasteiger partial charge in [-0.05, 0) is 47.5 Å². The van der Waals surface area contributed by atoms with E-state index < -0.39 is 5.97 Å². The third kappa shape index (κ3) is 4.76. The zero-order chi connectivity index (χ0) is 24.2. The van der Waals surface area contributed by atoms with E-state index in [1.54, 1.807) is 44.6 Å². The van der Waals surface area contributed by atoms with E-state index in [2.05, 4.69) is 10.1 Å². The molecular formula is C24H21N3O6S. The van der Waals surface area contributed by atoms with Crippen LogP contribution in [0.25, 0.3) is 23.2 Å². The van der Waals surface area contributed by atoms with Crippen molar-refractivity contribution in [2.24, 2.45) is 0 Å². The van der Waals surface area contributed by atoms with Crippen LogP contribution in [0.4, 0.5) is 0 Å². The first kappa shape index (κ1) is 23.0. The summed E-state index contributed by atoms with van der Waals surface area (Å²) in [4.78, 5) is 29.0. The van der Waals surface area contributed by atoms with Gasteiger partial charge >= 0.3 is 5.97 Å². The highest BCUT2D eigenvalue weighted by Crippen LogP contribution is 2.29. The van der Waals surface area contributed by atoms with Crippen LogP contribution in [0.5, 0.6) is 23.0 Å². The lowest BCUT2D eigenvalue weighted by molar-refractivity contribution is -0.132. The SMILES string of the molecule is COc1ccc(/C=C/c2nc3s/c(=C\c4ccc(OC(C)=O)c(OC)c4)c(=O)n3n2)cc1OC. The van der Waals surface area contributed by atoms with Crippen molar-refractivity contribution in [1.29, 1.82) is 0 Å². The molecule has 0 aliphatic heterocycles. The molecule has 0 fully saturated rings. The molecule has 4 rings (SSSR count). The maximum Gasteiger partial charge on any atom is 0.308 e. The first-order valence-electron chi connectivity index (χ1n) is 10.1. The molecule has 0 saturated heterocycles. The zero-order valence-corrected chi connectivity index (χ0v) is 19.7. The van der Waals surface area contributed by atoms with Gasteiger partial charge in [-0.15, -0.1) is 5.10 Å². The van der Waals surface area contributed by atoms with Crippen molar-refractivity contribution in [2.75, 3.05) is 21.3 Å². The number of hydrogen-bond donors (Lipinski definition) is 0. The van der Waals surface area contributed by atoms with Crippen molar-refractivity contribution in [3.8, 4) is 23.0 Å². The minimum Gasteiger partial charge on any atom is -0.493 e. The first-order valence-corrected chi connectivity index (χ1v) is 10.9. The van der Waals surface area contributed by atoms with E-state index in [0.29, 0.717) is 43.9 Å². The molecule has 0 aliphatic carbocycles. The molecule has 0 spiro atoms. The number of fused-ring (bicyclic) bond motifs is 1. The van der Waals surface area contributed by atoms with E-state index in [1.807, 2.05) is 24.3 Å². The molecule has 34 heavy (non-hydrogen) atoms. The van der Waals surface area contributed by atoms with Crippen LogP contribution in [-0.2, 0) is 4.79 Å².